The normalized spacial score (nSPS) is 23.2. The molecule has 2 rings (SSSR count). The molecular formula is C15H18ClNO3. The van der Waals surface area contributed by atoms with E-state index in [2.05, 4.69) is 0 Å². The van der Waals surface area contributed by atoms with E-state index in [1.807, 2.05) is 13.8 Å². The third kappa shape index (κ3) is 2.80. The van der Waals surface area contributed by atoms with Crippen LogP contribution in [0.2, 0.25) is 5.02 Å². The minimum absolute atomic E-state index is 0.0115. The van der Waals surface area contributed by atoms with Crippen molar-refractivity contribution >= 4 is 23.5 Å². The average molecular weight is 296 g/mol. The van der Waals surface area contributed by atoms with E-state index >= 15 is 0 Å². The van der Waals surface area contributed by atoms with E-state index < -0.39 is 17.9 Å². The number of nitrogens with zero attached hydrogens (tertiary/aromatic N) is 1. The summed E-state index contributed by atoms with van der Waals surface area (Å²) in [6, 6.07) is 6.60. The standard InChI is InChI=1S/C15H18ClNO3/c1-9(2)17-13(18)8-7-12(15(19)20)14(17)10-3-5-11(16)6-4-10/h3-6,9,12,14H,7-8H2,1-2H3,(H,19,20). The molecule has 5 heteroatoms. The van der Waals surface area contributed by atoms with Crippen LogP contribution < -0.4 is 0 Å². The maximum Gasteiger partial charge on any atom is 0.308 e. The van der Waals surface area contributed by atoms with Gasteiger partial charge in [0.25, 0.3) is 0 Å². The molecule has 0 aromatic heterocycles. The second-order valence-electron chi connectivity index (χ2n) is 5.37. The molecule has 0 spiro atoms. The molecule has 1 N–H and O–H groups in total. The molecule has 20 heavy (non-hydrogen) atoms. The zero-order chi connectivity index (χ0) is 14.9. The number of carboxylic acids is 1. The molecule has 1 heterocycles. The molecule has 4 nitrogen and oxygen atoms in total. The van der Waals surface area contributed by atoms with Gasteiger partial charge in [-0.05, 0) is 38.0 Å². The SMILES string of the molecule is CC(C)N1C(=O)CCC(C(=O)O)C1c1ccc(Cl)cc1. The Bertz CT molecular complexity index is 512. The van der Waals surface area contributed by atoms with Crippen molar-refractivity contribution in [3.8, 4) is 0 Å². The summed E-state index contributed by atoms with van der Waals surface area (Å²) in [6.45, 7) is 3.82. The van der Waals surface area contributed by atoms with Gasteiger partial charge in [0.1, 0.15) is 0 Å². The van der Waals surface area contributed by atoms with Crippen molar-refractivity contribution in [2.24, 2.45) is 5.92 Å². The predicted octanol–water partition coefficient (Wildman–Crippen LogP) is 3.11. The zero-order valence-corrected chi connectivity index (χ0v) is 12.3. The summed E-state index contributed by atoms with van der Waals surface area (Å²) in [5.41, 5.74) is 0.823. The number of hydrogen-bond donors (Lipinski definition) is 1. The Kier molecular flexibility index (Phi) is 4.33. The van der Waals surface area contributed by atoms with Gasteiger partial charge in [0.05, 0.1) is 12.0 Å². The molecule has 0 saturated carbocycles. The first-order valence-electron chi connectivity index (χ1n) is 6.71. The molecule has 0 radical (unpaired) electrons. The first-order chi connectivity index (χ1) is 9.41. The molecule has 0 bridgehead atoms. The van der Waals surface area contributed by atoms with Crippen LogP contribution in [0.25, 0.3) is 0 Å². The van der Waals surface area contributed by atoms with Crippen LogP contribution in [0.5, 0.6) is 0 Å². The van der Waals surface area contributed by atoms with E-state index in [0.717, 1.165) is 5.56 Å². The molecule has 1 fully saturated rings. The van der Waals surface area contributed by atoms with Crippen LogP contribution in [-0.4, -0.2) is 27.9 Å². The Morgan fingerprint density at radius 2 is 1.95 bits per heavy atom. The van der Waals surface area contributed by atoms with Crippen LogP contribution in [0.15, 0.2) is 24.3 Å². The summed E-state index contributed by atoms with van der Waals surface area (Å²) in [6.07, 6.45) is 0.671. The molecular weight excluding hydrogens is 278 g/mol. The van der Waals surface area contributed by atoms with Crippen LogP contribution in [0.1, 0.15) is 38.3 Å². The number of halogens is 1. The first-order valence-corrected chi connectivity index (χ1v) is 7.09. The maximum atomic E-state index is 12.2. The topological polar surface area (TPSA) is 57.6 Å². The van der Waals surface area contributed by atoms with E-state index in [1.165, 1.54) is 0 Å². The van der Waals surface area contributed by atoms with Gasteiger partial charge in [0.2, 0.25) is 5.91 Å². The smallest absolute Gasteiger partial charge is 0.308 e. The van der Waals surface area contributed by atoms with Gasteiger partial charge >= 0.3 is 5.97 Å². The van der Waals surface area contributed by atoms with E-state index in [-0.39, 0.29) is 11.9 Å². The Balaban J connectivity index is 2.45. The van der Waals surface area contributed by atoms with Crippen molar-refractivity contribution in [3.63, 3.8) is 0 Å². The van der Waals surface area contributed by atoms with Gasteiger partial charge in [-0.2, -0.15) is 0 Å². The van der Waals surface area contributed by atoms with Crippen LogP contribution in [0.3, 0.4) is 0 Å². The van der Waals surface area contributed by atoms with Gasteiger partial charge in [-0.15, -0.1) is 0 Å². The third-order valence-corrected chi connectivity index (χ3v) is 3.98. The lowest BCUT2D eigenvalue weighted by Gasteiger charge is -2.42. The second-order valence-corrected chi connectivity index (χ2v) is 5.81. The summed E-state index contributed by atoms with van der Waals surface area (Å²) >= 11 is 5.88. The number of carbonyl (C=O) groups excluding carboxylic acids is 1. The summed E-state index contributed by atoms with van der Waals surface area (Å²) in [4.78, 5) is 25.4. The third-order valence-electron chi connectivity index (χ3n) is 3.72. The number of benzene rings is 1. The Hall–Kier alpha value is -1.55. The summed E-state index contributed by atoms with van der Waals surface area (Å²) in [5.74, 6) is -1.42. The minimum atomic E-state index is -0.858. The van der Waals surface area contributed by atoms with Gasteiger partial charge in [0, 0.05) is 17.5 Å². The molecule has 2 unspecified atom stereocenters. The van der Waals surface area contributed by atoms with Crippen LogP contribution in [0, 0.1) is 5.92 Å². The number of likely N-dealkylation sites (tertiary alicyclic amines) is 1. The largest absolute Gasteiger partial charge is 0.481 e. The highest BCUT2D eigenvalue weighted by molar-refractivity contribution is 6.30. The number of amides is 1. The van der Waals surface area contributed by atoms with Crippen molar-refractivity contribution in [2.75, 3.05) is 0 Å². The summed E-state index contributed by atoms with van der Waals surface area (Å²) in [7, 11) is 0. The van der Waals surface area contributed by atoms with Gasteiger partial charge in [-0.3, -0.25) is 9.59 Å². The maximum absolute atomic E-state index is 12.2. The summed E-state index contributed by atoms with van der Waals surface area (Å²) in [5, 5.41) is 10.0. The number of piperidine rings is 1. The molecule has 2 atom stereocenters. The van der Waals surface area contributed by atoms with Gasteiger partial charge in [-0.1, -0.05) is 23.7 Å². The highest BCUT2D eigenvalue weighted by Gasteiger charge is 2.41. The number of rotatable bonds is 3. The van der Waals surface area contributed by atoms with E-state index in [1.54, 1.807) is 29.2 Å². The van der Waals surface area contributed by atoms with Crippen molar-refractivity contribution in [1.29, 1.82) is 0 Å². The minimum Gasteiger partial charge on any atom is -0.481 e. The fourth-order valence-electron chi connectivity index (χ4n) is 2.84. The number of aliphatic carboxylic acids is 1. The summed E-state index contributed by atoms with van der Waals surface area (Å²) < 4.78 is 0. The van der Waals surface area contributed by atoms with E-state index in [9.17, 15) is 14.7 Å². The van der Waals surface area contributed by atoms with Crippen molar-refractivity contribution in [1.82, 2.24) is 4.90 Å². The molecule has 108 valence electrons. The molecule has 1 aliphatic rings. The lowest BCUT2D eigenvalue weighted by molar-refractivity contribution is -0.153. The van der Waals surface area contributed by atoms with Crippen molar-refractivity contribution in [2.45, 2.75) is 38.8 Å². The van der Waals surface area contributed by atoms with E-state index in [4.69, 9.17) is 11.6 Å². The predicted molar refractivity (Wildman–Crippen MR) is 76.5 cm³/mol. The number of carboxylic acid groups (broad SMARTS) is 1. The van der Waals surface area contributed by atoms with Crippen LogP contribution in [0.4, 0.5) is 0 Å². The Morgan fingerprint density at radius 3 is 2.45 bits per heavy atom. The highest BCUT2D eigenvalue weighted by atomic mass is 35.5. The highest BCUT2D eigenvalue weighted by Crippen LogP contribution is 2.38. The quantitative estimate of drug-likeness (QED) is 0.932. The molecule has 1 aromatic rings. The van der Waals surface area contributed by atoms with Gasteiger partial charge < -0.3 is 10.0 Å². The number of hydrogen-bond acceptors (Lipinski definition) is 2. The Labute approximate surface area is 123 Å². The lowest BCUT2D eigenvalue weighted by Crippen LogP contribution is -2.48. The second kappa shape index (κ2) is 5.83. The molecule has 1 aromatic carbocycles. The van der Waals surface area contributed by atoms with Crippen molar-refractivity contribution < 1.29 is 14.7 Å². The van der Waals surface area contributed by atoms with Crippen molar-refractivity contribution in [3.05, 3.63) is 34.9 Å². The molecule has 1 aliphatic heterocycles. The zero-order valence-electron chi connectivity index (χ0n) is 11.5. The van der Waals surface area contributed by atoms with Gasteiger partial charge in [-0.25, -0.2) is 0 Å². The fourth-order valence-corrected chi connectivity index (χ4v) is 2.96. The van der Waals surface area contributed by atoms with Crippen LogP contribution in [-0.2, 0) is 9.59 Å². The average Bonchev–Trinajstić information content (AvgIpc) is 2.38. The lowest BCUT2D eigenvalue weighted by atomic mass is 9.83. The number of carbonyl (C=O) groups is 2. The first kappa shape index (κ1) is 14.9. The Morgan fingerprint density at radius 1 is 1.35 bits per heavy atom. The molecule has 0 aliphatic carbocycles. The van der Waals surface area contributed by atoms with E-state index in [0.29, 0.717) is 17.9 Å². The molecule has 1 amide bonds. The monoisotopic (exact) mass is 295 g/mol. The van der Waals surface area contributed by atoms with Gasteiger partial charge in [0.15, 0.2) is 0 Å². The molecule has 1 saturated heterocycles. The van der Waals surface area contributed by atoms with Crippen LogP contribution >= 0.6 is 11.6 Å². The fraction of sp³-hybridized carbons (Fsp3) is 0.467.